The molecule has 100 valence electrons. The summed E-state index contributed by atoms with van der Waals surface area (Å²) in [6.07, 6.45) is 3.34. The summed E-state index contributed by atoms with van der Waals surface area (Å²) in [5, 5.41) is 10.6. The maximum absolute atomic E-state index is 11.5. The molecule has 1 aromatic rings. The predicted molar refractivity (Wildman–Crippen MR) is 78.0 cm³/mol. The second-order valence-electron chi connectivity index (χ2n) is 4.46. The topological polar surface area (TPSA) is 66.6 Å². The summed E-state index contributed by atoms with van der Waals surface area (Å²) < 4.78 is 0. The average Bonchev–Trinajstić information content (AvgIpc) is 2.67. The molecule has 0 saturated carbocycles. The zero-order valence-electron chi connectivity index (χ0n) is 10.6. The number of hydrogen-bond donors (Lipinski definition) is 2. The molecule has 0 bridgehead atoms. The Labute approximate surface area is 115 Å². The van der Waals surface area contributed by atoms with Crippen LogP contribution in [0.1, 0.15) is 29.4 Å². The van der Waals surface area contributed by atoms with E-state index in [0.717, 1.165) is 35.8 Å². The second-order valence-corrected chi connectivity index (χ2v) is 6.27. The number of ketones is 1. The highest BCUT2D eigenvalue weighted by Crippen LogP contribution is 2.44. The first kappa shape index (κ1) is 13.7. The Morgan fingerprint density at radius 2 is 2.11 bits per heavy atom. The molecule has 3 N–H and O–H groups in total. The third kappa shape index (κ3) is 2.50. The van der Waals surface area contributed by atoms with Crippen molar-refractivity contribution in [3.05, 3.63) is 4.88 Å². The fourth-order valence-electron chi connectivity index (χ4n) is 2.15. The van der Waals surface area contributed by atoms with E-state index in [1.54, 1.807) is 18.7 Å². The minimum absolute atomic E-state index is 0.0242. The van der Waals surface area contributed by atoms with Gasteiger partial charge in [0.05, 0.1) is 21.6 Å². The van der Waals surface area contributed by atoms with Crippen molar-refractivity contribution in [3.8, 4) is 0 Å². The van der Waals surface area contributed by atoms with Crippen LogP contribution in [0.5, 0.6) is 0 Å². The van der Waals surface area contributed by atoms with E-state index in [2.05, 4.69) is 4.90 Å². The molecule has 1 saturated heterocycles. The molecule has 6 heteroatoms. The van der Waals surface area contributed by atoms with Gasteiger partial charge in [-0.2, -0.15) is 0 Å². The van der Waals surface area contributed by atoms with Gasteiger partial charge in [0.1, 0.15) is 5.00 Å². The molecule has 2 rings (SSSR count). The maximum atomic E-state index is 11.5. The molecule has 0 atom stereocenters. The first-order valence-corrected chi connectivity index (χ1v) is 7.99. The smallest absolute Gasteiger partial charge is 0.171 e. The third-order valence-electron chi connectivity index (χ3n) is 3.16. The van der Waals surface area contributed by atoms with Gasteiger partial charge in [0.15, 0.2) is 5.78 Å². The van der Waals surface area contributed by atoms with E-state index in [1.807, 2.05) is 6.26 Å². The monoisotopic (exact) mass is 286 g/mol. The van der Waals surface area contributed by atoms with Crippen LogP contribution in [-0.2, 0) is 0 Å². The number of nitrogens with zero attached hydrogens (tertiary/aromatic N) is 1. The molecule has 0 spiro atoms. The van der Waals surface area contributed by atoms with Crippen LogP contribution < -0.4 is 10.6 Å². The van der Waals surface area contributed by atoms with Crippen molar-refractivity contribution >= 4 is 39.6 Å². The van der Waals surface area contributed by atoms with Gasteiger partial charge in [-0.3, -0.25) is 4.79 Å². The van der Waals surface area contributed by atoms with Gasteiger partial charge in [-0.1, -0.05) is 0 Å². The lowest BCUT2D eigenvalue weighted by atomic mass is 10.1. The van der Waals surface area contributed by atoms with Crippen molar-refractivity contribution in [3.63, 3.8) is 0 Å². The number of carbonyl (C=O) groups is 1. The average molecular weight is 286 g/mol. The highest BCUT2D eigenvalue weighted by atomic mass is 32.2. The minimum Gasteiger partial charge on any atom is -0.396 e. The molecule has 0 aromatic carbocycles. The highest BCUT2D eigenvalue weighted by Gasteiger charge is 2.25. The van der Waals surface area contributed by atoms with Gasteiger partial charge in [0.25, 0.3) is 0 Å². The number of thioether (sulfide) groups is 1. The standard InChI is InChI=1S/C12H18N2O2S2/c1-7(15)10-9(13)11(17-2)12(18-10)14-5-3-8(16)4-6-14/h8,16H,3-6,13H2,1-2H3. The van der Waals surface area contributed by atoms with E-state index in [9.17, 15) is 9.90 Å². The quantitative estimate of drug-likeness (QED) is 0.659. The molecule has 1 aliphatic heterocycles. The van der Waals surface area contributed by atoms with Gasteiger partial charge in [0.2, 0.25) is 0 Å². The molecule has 1 aliphatic rings. The van der Waals surface area contributed by atoms with Crippen molar-refractivity contribution in [1.82, 2.24) is 0 Å². The molecule has 0 radical (unpaired) electrons. The molecule has 1 fully saturated rings. The Kier molecular flexibility index (Phi) is 4.19. The lowest BCUT2D eigenvalue weighted by Crippen LogP contribution is -2.35. The molecule has 2 heterocycles. The van der Waals surface area contributed by atoms with Gasteiger partial charge in [-0.05, 0) is 19.1 Å². The largest absolute Gasteiger partial charge is 0.396 e. The lowest BCUT2D eigenvalue weighted by molar-refractivity contribution is 0.102. The SMILES string of the molecule is CSc1c(N2CCC(O)CC2)sc(C(C)=O)c1N. The van der Waals surface area contributed by atoms with Gasteiger partial charge in [0, 0.05) is 20.0 Å². The van der Waals surface area contributed by atoms with Crippen LogP contribution in [0.25, 0.3) is 0 Å². The summed E-state index contributed by atoms with van der Waals surface area (Å²) >= 11 is 3.06. The Bertz CT molecular complexity index is 451. The number of aliphatic hydroxyl groups is 1. The molecule has 0 unspecified atom stereocenters. The summed E-state index contributed by atoms with van der Waals surface area (Å²) in [5.41, 5.74) is 6.65. The molecular weight excluding hydrogens is 268 g/mol. The number of aliphatic hydroxyl groups excluding tert-OH is 1. The molecule has 4 nitrogen and oxygen atoms in total. The number of piperidine rings is 1. The number of nitrogen functional groups attached to an aromatic ring is 1. The maximum Gasteiger partial charge on any atom is 0.171 e. The second kappa shape index (κ2) is 5.50. The number of rotatable bonds is 3. The number of carbonyl (C=O) groups excluding carboxylic acids is 1. The number of Topliss-reactive ketones (excluding diaryl/α,β-unsaturated/α-hetero) is 1. The van der Waals surface area contributed by atoms with Crippen molar-refractivity contribution in [2.75, 3.05) is 30.0 Å². The lowest BCUT2D eigenvalue weighted by Gasteiger charge is -2.30. The Morgan fingerprint density at radius 1 is 1.50 bits per heavy atom. The predicted octanol–water partition coefficient (Wildman–Crippen LogP) is 2.22. The van der Waals surface area contributed by atoms with Gasteiger partial charge < -0.3 is 15.7 Å². The molecule has 0 aliphatic carbocycles. The van der Waals surface area contributed by atoms with Gasteiger partial charge in [-0.25, -0.2) is 0 Å². The van der Waals surface area contributed by atoms with Crippen LogP contribution in [-0.4, -0.2) is 36.3 Å². The fourth-order valence-corrected chi connectivity index (χ4v) is 4.28. The number of nitrogens with two attached hydrogens (primary N) is 1. The zero-order chi connectivity index (χ0) is 13.3. The van der Waals surface area contributed by atoms with E-state index in [-0.39, 0.29) is 11.9 Å². The van der Waals surface area contributed by atoms with Crippen molar-refractivity contribution in [1.29, 1.82) is 0 Å². The number of anilines is 2. The first-order chi connectivity index (χ1) is 8.54. The van der Waals surface area contributed by atoms with E-state index in [0.29, 0.717) is 10.6 Å². The van der Waals surface area contributed by atoms with Crippen LogP contribution in [0.2, 0.25) is 0 Å². The minimum atomic E-state index is -0.191. The van der Waals surface area contributed by atoms with Gasteiger partial charge in [-0.15, -0.1) is 23.1 Å². The van der Waals surface area contributed by atoms with Crippen LogP contribution in [0, 0.1) is 0 Å². The molecule has 1 aromatic heterocycles. The van der Waals surface area contributed by atoms with Crippen LogP contribution >= 0.6 is 23.1 Å². The zero-order valence-corrected chi connectivity index (χ0v) is 12.2. The Hall–Kier alpha value is -0.720. The molecule has 18 heavy (non-hydrogen) atoms. The normalized spacial score (nSPS) is 17.2. The third-order valence-corrected chi connectivity index (χ3v) is 5.48. The summed E-state index contributed by atoms with van der Waals surface area (Å²) in [6.45, 7) is 3.20. The summed E-state index contributed by atoms with van der Waals surface area (Å²) in [6, 6.07) is 0. The summed E-state index contributed by atoms with van der Waals surface area (Å²) in [7, 11) is 0. The molecular formula is C12H18N2O2S2. The highest BCUT2D eigenvalue weighted by molar-refractivity contribution is 7.99. The molecule has 0 amide bonds. The van der Waals surface area contributed by atoms with Gasteiger partial charge >= 0.3 is 0 Å². The summed E-state index contributed by atoms with van der Waals surface area (Å²) in [4.78, 5) is 15.4. The number of thiophene rings is 1. The van der Waals surface area contributed by atoms with E-state index in [4.69, 9.17) is 5.73 Å². The van der Waals surface area contributed by atoms with Crippen molar-refractivity contribution in [2.45, 2.75) is 30.8 Å². The number of hydrogen-bond acceptors (Lipinski definition) is 6. The summed E-state index contributed by atoms with van der Waals surface area (Å²) in [5.74, 6) is 0.0242. The Balaban J connectivity index is 2.32. The van der Waals surface area contributed by atoms with Crippen molar-refractivity contribution in [2.24, 2.45) is 0 Å². The van der Waals surface area contributed by atoms with E-state index >= 15 is 0 Å². The van der Waals surface area contributed by atoms with Crippen LogP contribution in [0.15, 0.2) is 4.90 Å². The van der Waals surface area contributed by atoms with E-state index < -0.39 is 0 Å². The first-order valence-electron chi connectivity index (χ1n) is 5.94. The van der Waals surface area contributed by atoms with E-state index in [1.165, 1.54) is 11.3 Å². The Morgan fingerprint density at radius 3 is 2.61 bits per heavy atom. The van der Waals surface area contributed by atoms with Crippen LogP contribution in [0.3, 0.4) is 0 Å². The van der Waals surface area contributed by atoms with Crippen molar-refractivity contribution < 1.29 is 9.90 Å². The van der Waals surface area contributed by atoms with Crippen LogP contribution in [0.4, 0.5) is 10.7 Å². The fraction of sp³-hybridized carbons (Fsp3) is 0.583.